The summed E-state index contributed by atoms with van der Waals surface area (Å²) in [5.74, 6) is 0. The SMILES string of the molecule is CCCCOCCCC[O][Y]([O]CCCCOCCCC)[O]CCCCOCCCC. The van der Waals surface area contributed by atoms with Gasteiger partial charge >= 0.3 is 207 Å². The molecule has 0 radical (unpaired) electrons. The summed E-state index contributed by atoms with van der Waals surface area (Å²) in [6.07, 6.45) is 13.1. The van der Waals surface area contributed by atoms with E-state index in [2.05, 4.69) is 20.8 Å². The molecule has 0 aromatic heterocycles. The van der Waals surface area contributed by atoms with Crippen molar-refractivity contribution in [3.63, 3.8) is 0 Å². The zero-order valence-electron chi connectivity index (χ0n) is 20.9. The summed E-state index contributed by atoms with van der Waals surface area (Å²) >= 11 is -2.83. The van der Waals surface area contributed by atoms with Crippen molar-refractivity contribution in [2.24, 2.45) is 0 Å². The van der Waals surface area contributed by atoms with Crippen molar-refractivity contribution in [3.8, 4) is 0 Å². The predicted molar refractivity (Wildman–Crippen MR) is 123 cm³/mol. The van der Waals surface area contributed by atoms with Gasteiger partial charge in [0.25, 0.3) is 0 Å². The van der Waals surface area contributed by atoms with Crippen LogP contribution in [-0.2, 0) is 49.3 Å². The van der Waals surface area contributed by atoms with E-state index in [9.17, 15) is 0 Å². The normalized spacial score (nSPS) is 11.3. The maximum absolute atomic E-state index is 6.04. The fraction of sp³-hybridized carbons (Fsp3) is 1.00. The van der Waals surface area contributed by atoms with Crippen LogP contribution in [0.3, 0.4) is 0 Å². The van der Waals surface area contributed by atoms with Crippen LogP contribution in [0.5, 0.6) is 0 Å². The molecule has 0 aromatic rings. The number of unbranched alkanes of at least 4 members (excludes halogenated alkanes) is 6. The Balaban J connectivity index is 3.82. The fourth-order valence-electron chi connectivity index (χ4n) is 2.65. The van der Waals surface area contributed by atoms with Crippen LogP contribution in [0, 0.1) is 0 Å². The molecule has 0 amide bonds. The van der Waals surface area contributed by atoms with Crippen molar-refractivity contribution < 1.29 is 49.3 Å². The molecule has 6 nitrogen and oxygen atoms in total. The van der Waals surface area contributed by atoms with Crippen LogP contribution in [0.15, 0.2) is 0 Å². The summed E-state index contributed by atoms with van der Waals surface area (Å²) in [7, 11) is 0. The number of hydrogen-bond donors (Lipinski definition) is 0. The Labute approximate surface area is 205 Å². The maximum atomic E-state index is 6.04. The van der Waals surface area contributed by atoms with E-state index < -0.39 is 29.0 Å². The van der Waals surface area contributed by atoms with Gasteiger partial charge in [-0.1, -0.05) is 0 Å². The molecule has 0 unspecified atom stereocenters. The van der Waals surface area contributed by atoms with Crippen LogP contribution in [-0.4, -0.2) is 59.5 Å². The van der Waals surface area contributed by atoms with Gasteiger partial charge in [0.15, 0.2) is 0 Å². The first kappa shape index (κ1) is 31.9. The van der Waals surface area contributed by atoms with E-state index in [4.69, 9.17) is 20.4 Å². The van der Waals surface area contributed by atoms with E-state index in [-0.39, 0.29) is 0 Å². The average molecular weight is 525 g/mol. The molecule has 0 spiro atoms. The van der Waals surface area contributed by atoms with E-state index in [1.807, 2.05) is 0 Å². The van der Waals surface area contributed by atoms with Crippen LogP contribution in [0.1, 0.15) is 97.8 Å². The molecule has 0 bridgehead atoms. The van der Waals surface area contributed by atoms with Gasteiger partial charge in [0.1, 0.15) is 0 Å². The third-order valence-electron chi connectivity index (χ3n) is 4.74. The number of ether oxygens (including phenoxy) is 3. The van der Waals surface area contributed by atoms with Crippen LogP contribution in [0.2, 0.25) is 0 Å². The van der Waals surface area contributed by atoms with Gasteiger partial charge in [0.2, 0.25) is 0 Å². The first-order valence-corrected chi connectivity index (χ1v) is 16.4. The van der Waals surface area contributed by atoms with Crippen molar-refractivity contribution in [2.75, 3.05) is 59.5 Å². The molecular weight excluding hydrogens is 473 g/mol. The molecule has 0 saturated heterocycles. The van der Waals surface area contributed by atoms with E-state index in [0.29, 0.717) is 0 Å². The molecule has 7 heteroatoms. The van der Waals surface area contributed by atoms with Crippen LogP contribution >= 0.6 is 0 Å². The summed E-state index contributed by atoms with van der Waals surface area (Å²) in [6, 6.07) is 0. The predicted octanol–water partition coefficient (Wildman–Crippen LogP) is 6.19. The van der Waals surface area contributed by atoms with Gasteiger partial charge in [-0.3, -0.25) is 0 Å². The molecule has 0 saturated carbocycles. The van der Waals surface area contributed by atoms with Gasteiger partial charge in [-0.05, 0) is 0 Å². The van der Waals surface area contributed by atoms with Crippen LogP contribution in [0.25, 0.3) is 0 Å². The Kier molecular flexibility index (Phi) is 29.7. The van der Waals surface area contributed by atoms with E-state index in [1.165, 1.54) is 19.3 Å². The second-order valence-electron chi connectivity index (χ2n) is 7.92. The minimum absolute atomic E-state index is 0.720. The van der Waals surface area contributed by atoms with E-state index in [0.717, 1.165) is 117 Å². The second kappa shape index (κ2) is 28.9. The van der Waals surface area contributed by atoms with Gasteiger partial charge < -0.3 is 0 Å². The van der Waals surface area contributed by atoms with Gasteiger partial charge in [-0.2, -0.15) is 0 Å². The molecule has 0 aromatic carbocycles. The molecule has 0 aliphatic rings. The summed E-state index contributed by atoms with van der Waals surface area (Å²) in [6.45, 7) is 13.8. The second-order valence-corrected chi connectivity index (χ2v) is 11.8. The molecular formula is C24H51O6Y. The number of hydrogen-bond acceptors (Lipinski definition) is 6. The summed E-state index contributed by atoms with van der Waals surface area (Å²) in [4.78, 5) is 0. The summed E-state index contributed by atoms with van der Waals surface area (Å²) < 4.78 is 34.9. The third kappa shape index (κ3) is 27.0. The molecule has 0 N–H and O–H groups in total. The van der Waals surface area contributed by atoms with Gasteiger partial charge in [-0.15, -0.1) is 0 Å². The molecule has 186 valence electrons. The molecule has 0 fully saturated rings. The monoisotopic (exact) mass is 524 g/mol. The van der Waals surface area contributed by atoms with E-state index in [1.54, 1.807) is 0 Å². The van der Waals surface area contributed by atoms with Crippen LogP contribution < -0.4 is 0 Å². The van der Waals surface area contributed by atoms with Crippen molar-refractivity contribution in [1.29, 1.82) is 0 Å². The summed E-state index contributed by atoms with van der Waals surface area (Å²) in [5.41, 5.74) is 0. The van der Waals surface area contributed by atoms with Crippen molar-refractivity contribution in [2.45, 2.75) is 97.8 Å². The molecule has 0 aliphatic carbocycles. The quantitative estimate of drug-likeness (QED) is 0.120. The van der Waals surface area contributed by atoms with Crippen molar-refractivity contribution >= 4 is 0 Å². The molecule has 0 rings (SSSR count). The first-order valence-electron chi connectivity index (χ1n) is 12.9. The first-order chi connectivity index (χ1) is 15.3. The topological polar surface area (TPSA) is 55.4 Å². The van der Waals surface area contributed by atoms with Gasteiger partial charge in [0, 0.05) is 0 Å². The van der Waals surface area contributed by atoms with Gasteiger partial charge in [-0.25, -0.2) is 0 Å². The summed E-state index contributed by atoms with van der Waals surface area (Å²) in [5, 5.41) is 0. The molecule has 0 heterocycles. The van der Waals surface area contributed by atoms with Crippen molar-refractivity contribution in [1.82, 2.24) is 0 Å². The zero-order chi connectivity index (χ0) is 22.7. The number of rotatable bonds is 27. The zero-order valence-corrected chi connectivity index (χ0v) is 23.7. The Morgan fingerprint density at radius 3 is 0.903 bits per heavy atom. The van der Waals surface area contributed by atoms with Gasteiger partial charge in [0.05, 0.1) is 0 Å². The van der Waals surface area contributed by atoms with E-state index >= 15 is 0 Å². The average Bonchev–Trinajstić information content (AvgIpc) is 2.78. The third-order valence-corrected chi connectivity index (χ3v) is 8.48. The Morgan fingerprint density at radius 2 is 0.613 bits per heavy atom. The molecule has 0 atom stereocenters. The molecule has 0 aliphatic heterocycles. The minimum atomic E-state index is -2.83. The van der Waals surface area contributed by atoms with Crippen molar-refractivity contribution in [3.05, 3.63) is 0 Å². The van der Waals surface area contributed by atoms with Crippen LogP contribution in [0.4, 0.5) is 0 Å². The Morgan fingerprint density at radius 1 is 0.355 bits per heavy atom. The standard InChI is InChI=1S/3C8H17O2.Y/c3*1-2-3-7-10-8-5-4-6-9;/h3*2-8H2,1H3;/q3*-1;+3. The Bertz CT molecular complexity index is 275. The fourth-order valence-corrected chi connectivity index (χ4v) is 6.00. The Hall–Kier alpha value is 0.864. The molecule has 31 heavy (non-hydrogen) atoms.